The van der Waals surface area contributed by atoms with Gasteiger partial charge in [0, 0.05) is 5.57 Å². The van der Waals surface area contributed by atoms with Crippen LogP contribution in [0.25, 0.3) is 0 Å². The predicted molar refractivity (Wildman–Crippen MR) is 66.5 cm³/mol. The van der Waals surface area contributed by atoms with Gasteiger partial charge >= 0.3 is 13.1 Å². The van der Waals surface area contributed by atoms with E-state index in [2.05, 4.69) is 0 Å². The second-order valence-electron chi connectivity index (χ2n) is 5.19. The lowest BCUT2D eigenvalue weighted by molar-refractivity contribution is -0.138. The lowest BCUT2D eigenvalue weighted by atomic mass is 9.87. The minimum Gasteiger partial charge on any atom is -0.463 e. The SMILES string of the molecule is CCOC(=O)C(C)=CB1OC(C)(C)C(C)(C)O1. The molecule has 96 valence electrons. The van der Waals surface area contributed by atoms with E-state index in [-0.39, 0.29) is 17.2 Å². The number of ether oxygens (including phenoxy) is 1. The molecule has 0 N–H and O–H groups in total. The molecule has 1 rings (SSSR count). The smallest absolute Gasteiger partial charge is 0.463 e. The van der Waals surface area contributed by atoms with Gasteiger partial charge in [-0.25, -0.2) is 4.79 Å². The van der Waals surface area contributed by atoms with Crippen molar-refractivity contribution in [2.45, 2.75) is 52.7 Å². The van der Waals surface area contributed by atoms with Crippen LogP contribution in [0.2, 0.25) is 0 Å². The first-order chi connectivity index (χ1) is 7.69. The summed E-state index contributed by atoms with van der Waals surface area (Å²) in [6.45, 7) is 11.7. The Bertz CT molecular complexity index is 317. The number of carbonyl (C=O) groups is 1. The Morgan fingerprint density at radius 1 is 1.24 bits per heavy atom. The van der Waals surface area contributed by atoms with Crippen molar-refractivity contribution in [3.8, 4) is 0 Å². The third kappa shape index (κ3) is 3.10. The average Bonchev–Trinajstić information content (AvgIpc) is 2.35. The topological polar surface area (TPSA) is 44.8 Å². The molecule has 0 aromatic heterocycles. The van der Waals surface area contributed by atoms with E-state index in [9.17, 15) is 4.79 Å². The van der Waals surface area contributed by atoms with E-state index in [4.69, 9.17) is 14.0 Å². The summed E-state index contributed by atoms with van der Waals surface area (Å²) < 4.78 is 16.4. The summed E-state index contributed by atoms with van der Waals surface area (Å²) in [7, 11) is -0.496. The number of hydrogen-bond donors (Lipinski definition) is 0. The van der Waals surface area contributed by atoms with Crippen molar-refractivity contribution >= 4 is 13.1 Å². The molecule has 0 amide bonds. The molecule has 0 saturated carbocycles. The maximum atomic E-state index is 11.5. The van der Waals surface area contributed by atoms with Crippen molar-refractivity contribution in [1.82, 2.24) is 0 Å². The van der Waals surface area contributed by atoms with Crippen LogP contribution in [0.4, 0.5) is 0 Å². The predicted octanol–water partition coefficient (Wildman–Crippen LogP) is 2.13. The second-order valence-corrected chi connectivity index (χ2v) is 5.19. The maximum absolute atomic E-state index is 11.5. The van der Waals surface area contributed by atoms with Crippen molar-refractivity contribution in [3.63, 3.8) is 0 Å². The van der Waals surface area contributed by atoms with Crippen LogP contribution in [0.1, 0.15) is 41.5 Å². The molecule has 1 aliphatic rings. The molecule has 5 heteroatoms. The minimum atomic E-state index is -0.496. The van der Waals surface area contributed by atoms with E-state index in [0.29, 0.717) is 12.2 Å². The maximum Gasteiger partial charge on any atom is 0.487 e. The highest BCUT2D eigenvalue weighted by molar-refractivity contribution is 6.52. The Morgan fingerprint density at radius 3 is 2.12 bits per heavy atom. The monoisotopic (exact) mass is 240 g/mol. The van der Waals surface area contributed by atoms with Gasteiger partial charge < -0.3 is 14.0 Å². The van der Waals surface area contributed by atoms with E-state index in [1.165, 1.54) is 0 Å². The van der Waals surface area contributed by atoms with Gasteiger partial charge in [0.15, 0.2) is 0 Å². The molecule has 0 aromatic rings. The molecule has 0 bridgehead atoms. The molecule has 0 radical (unpaired) electrons. The zero-order valence-corrected chi connectivity index (χ0v) is 11.5. The molecular formula is C12H21BO4. The molecule has 1 fully saturated rings. The standard InChI is InChI=1S/C12H21BO4/c1-7-15-10(14)9(2)8-13-16-11(3,4)12(5,6)17-13/h8H,7H2,1-6H3. The van der Waals surface area contributed by atoms with Gasteiger partial charge in [0.25, 0.3) is 0 Å². The summed E-state index contributed by atoms with van der Waals surface area (Å²) in [4.78, 5) is 11.5. The van der Waals surface area contributed by atoms with E-state index >= 15 is 0 Å². The zero-order chi connectivity index (χ0) is 13.3. The Balaban J connectivity index is 2.73. The van der Waals surface area contributed by atoms with Crippen molar-refractivity contribution < 1.29 is 18.8 Å². The molecule has 0 aliphatic carbocycles. The van der Waals surface area contributed by atoms with Crippen LogP contribution in [-0.4, -0.2) is 30.9 Å². The van der Waals surface area contributed by atoms with Crippen LogP contribution < -0.4 is 0 Å². The molecular weight excluding hydrogens is 219 g/mol. The number of hydrogen-bond acceptors (Lipinski definition) is 4. The van der Waals surface area contributed by atoms with Gasteiger partial charge in [-0.1, -0.05) is 0 Å². The van der Waals surface area contributed by atoms with Crippen molar-refractivity contribution in [2.24, 2.45) is 0 Å². The normalized spacial score (nSPS) is 22.7. The van der Waals surface area contributed by atoms with Gasteiger partial charge in [-0.05, 0) is 47.5 Å². The number of esters is 1. The van der Waals surface area contributed by atoms with Crippen LogP contribution in [0.5, 0.6) is 0 Å². The van der Waals surface area contributed by atoms with Crippen LogP contribution in [-0.2, 0) is 18.8 Å². The van der Waals surface area contributed by atoms with Gasteiger partial charge in [0.05, 0.1) is 17.8 Å². The molecule has 17 heavy (non-hydrogen) atoms. The summed E-state index contributed by atoms with van der Waals surface area (Å²) >= 11 is 0. The molecule has 1 heterocycles. The quantitative estimate of drug-likeness (QED) is 0.430. The van der Waals surface area contributed by atoms with Gasteiger partial charge in [-0.3, -0.25) is 0 Å². The van der Waals surface area contributed by atoms with Crippen LogP contribution >= 0.6 is 0 Å². The lowest BCUT2D eigenvalue weighted by Gasteiger charge is -2.32. The highest BCUT2D eigenvalue weighted by atomic mass is 16.7. The van der Waals surface area contributed by atoms with E-state index in [0.717, 1.165) is 0 Å². The first-order valence-corrected chi connectivity index (χ1v) is 5.91. The highest BCUT2D eigenvalue weighted by Crippen LogP contribution is 2.37. The summed E-state index contributed by atoms with van der Waals surface area (Å²) in [6.07, 6.45) is 0. The number of rotatable bonds is 3. The van der Waals surface area contributed by atoms with Crippen LogP contribution in [0, 0.1) is 0 Å². The Kier molecular flexibility index (Phi) is 4.04. The zero-order valence-electron chi connectivity index (χ0n) is 11.5. The van der Waals surface area contributed by atoms with E-state index in [1.54, 1.807) is 19.8 Å². The largest absolute Gasteiger partial charge is 0.487 e. The third-order valence-electron chi connectivity index (χ3n) is 3.25. The Labute approximate surface area is 103 Å². The second kappa shape index (κ2) is 4.82. The molecule has 4 nitrogen and oxygen atoms in total. The van der Waals surface area contributed by atoms with Gasteiger partial charge in [-0.2, -0.15) is 0 Å². The molecule has 0 aromatic carbocycles. The number of carbonyl (C=O) groups excluding carboxylic acids is 1. The van der Waals surface area contributed by atoms with E-state index in [1.807, 2.05) is 27.7 Å². The Hall–Kier alpha value is -0.805. The first-order valence-electron chi connectivity index (χ1n) is 5.91. The Morgan fingerprint density at radius 2 is 1.71 bits per heavy atom. The van der Waals surface area contributed by atoms with Crippen LogP contribution in [0.15, 0.2) is 11.5 Å². The highest BCUT2D eigenvalue weighted by Gasteiger charge is 2.50. The molecule has 0 atom stereocenters. The summed E-state index contributed by atoms with van der Waals surface area (Å²) in [6, 6.07) is 0. The van der Waals surface area contributed by atoms with Gasteiger partial charge in [0.2, 0.25) is 0 Å². The fraction of sp³-hybridized carbons (Fsp3) is 0.750. The fourth-order valence-corrected chi connectivity index (χ4v) is 1.47. The third-order valence-corrected chi connectivity index (χ3v) is 3.25. The molecule has 0 spiro atoms. The van der Waals surface area contributed by atoms with E-state index < -0.39 is 7.12 Å². The molecule has 0 unspecified atom stereocenters. The average molecular weight is 240 g/mol. The van der Waals surface area contributed by atoms with Crippen molar-refractivity contribution in [2.75, 3.05) is 6.61 Å². The first kappa shape index (κ1) is 14.3. The van der Waals surface area contributed by atoms with Crippen molar-refractivity contribution in [3.05, 3.63) is 11.5 Å². The minimum absolute atomic E-state index is 0.331. The van der Waals surface area contributed by atoms with Crippen molar-refractivity contribution in [1.29, 1.82) is 0 Å². The lowest BCUT2D eigenvalue weighted by Crippen LogP contribution is -2.41. The van der Waals surface area contributed by atoms with Crippen LogP contribution in [0.3, 0.4) is 0 Å². The van der Waals surface area contributed by atoms with Gasteiger partial charge in [0.1, 0.15) is 0 Å². The summed E-state index contributed by atoms with van der Waals surface area (Å²) in [5.41, 5.74) is -0.267. The molecule has 1 aliphatic heterocycles. The molecule has 1 saturated heterocycles. The summed E-state index contributed by atoms with van der Waals surface area (Å²) in [5.74, 6) is 1.33. The summed E-state index contributed by atoms with van der Waals surface area (Å²) in [5, 5.41) is 0. The van der Waals surface area contributed by atoms with Gasteiger partial charge in [-0.15, -0.1) is 0 Å². The fourth-order valence-electron chi connectivity index (χ4n) is 1.47.